The Kier molecular flexibility index (Phi) is 6.43. The largest absolute Gasteiger partial charge is 0.466 e. The van der Waals surface area contributed by atoms with Crippen molar-refractivity contribution >= 4 is 38.7 Å². The summed E-state index contributed by atoms with van der Waals surface area (Å²) in [6, 6.07) is 0.159. The number of halogens is 3. The van der Waals surface area contributed by atoms with E-state index in [1.54, 1.807) is 0 Å². The molecule has 2 atom stereocenters. The van der Waals surface area contributed by atoms with E-state index in [4.69, 9.17) is 4.18 Å². The summed E-state index contributed by atoms with van der Waals surface area (Å²) in [4.78, 5) is 24.3. The van der Waals surface area contributed by atoms with Crippen LogP contribution in [-0.2, 0) is 29.4 Å². The van der Waals surface area contributed by atoms with Gasteiger partial charge in [-0.15, -0.1) is 11.3 Å². The van der Waals surface area contributed by atoms with Gasteiger partial charge in [-0.3, -0.25) is 8.98 Å². The van der Waals surface area contributed by atoms with Crippen LogP contribution in [0.25, 0.3) is 0 Å². The van der Waals surface area contributed by atoms with Crippen LogP contribution in [0.4, 0.5) is 18.2 Å². The van der Waals surface area contributed by atoms with Crippen LogP contribution in [0, 0.1) is 0 Å². The summed E-state index contributed by atoms with van der Waals surface area (Å²) in [6.07, 6.45) is -3.37. The summed E-state index contributed by atoms with van der Waals surface area (Å²) in [6.45, 7) is -0.103. The summed E-state index contributed by atoms with van der Waals surface area (Å²) >= 11 is 0.650. The number of hydrogen-bond donors (Lipinski definition) is 1. The SMILES string of the molecule is COC(=O)C(O)(c1cc(C=O)sc1N1CCC[C@H]1COS(C)(=O)=O)C(F)(F)F. The summed E-state index contributed by atoms with van der Waals surface area (Å²) < 4.78 is 72.3. The lowest BCUT2D eigenvalue weighted by Crippen LogP contribution is -2.50. The molecular formula is C15H18F3NO7S2. The third kappa shape index (κ3) is 4.31. The zero-order chi connectivity index (χ0) is 21.3. The Morgan fingerprint density at radius 1 is 1.46 bits per heavy atom. The van der Waals surface area contributed by atoms with Crippen molar-refractivity contribution < 1.29 is 45.2 Å². The summed E-state index contributed by atoms with van der Waals surface area (Å²) in [5.41, 5.74) is -4.83. The fourth-order valence-electron chi connectivity index (χ4n) is 2.94. The maximum Gasteiger partial charge on any atom is 0.432 e. The van der Waals surface area contributed by atoms with Gasteiger partial charge in [0.15, 0.2) is 6.29 Å². The second-order valence-electron chi connectivity index (χ2n) is 6.16. The summed E-state index contributed by atoms with van der Waals surface area (Å²) in [5, 5.41) is 10.1. The normalized spacial score (nSPS) is 20.1. The van der Waals surface area contributed by atoms with Gasteiger partial charge in [-0.05, 0) is 18.9 Å². The molecule has 0 aromatic carbocycles. The van der Waals surface area contributed by atoms with Crippen LogP contribution in [0.2, 0.25) is 0 Å². The van der Waals surface area contributed by atoms with Crippen molar-refractivity contribution in [2.45, 2.75) is 30.7 Å². The van der Waals surface area contributed by atoms with Crippen LogP contribution in [0.5, 0.6) is 0 Å². The third-order valence-electron chi connectivity index (χ3n) is 4.24. The van der Waals surface area contributed by atoms with Gasteiger partial charge in [-0.25, -0.2) is 4.79 Å². The van der Waals surface area contributed by atoms with E-state index in [1.165, 1.54) is 4.90 Å². The van der Waals surface area contributed by atoms with Gasteiger partial charge in [-0.2, -0.15) is 21.6 Å². The first-order chi connectivity index (χ1) is 12.8. The minimum absolute atomic E-state index is 0.147. The Morgan fingerprint density at radius 2 is 2.11 bits per heavy atom. The minimum Gasteiger partial charge on any atom is -0.466 e. The number of ether oxygens (including phenoxy) is 1. The molecule has 1 fully saturated rings. The van der Waals surface area contributed by atoms with Crippen LogP contribution in [0.15, 0.2) is 6.07 Å². The molecule has 1 aromatic heterocycles. The molecule has 13 heteroatoms. The first kappa shape index (κ1) is 22.6. The number of aliphatic hydroxyl groups is 1. The van der Waals surface area contributed by atoms with E-state index < -0.39 is 39.5 Å². The fraction of sp³-hybridized carbons (Fsp3) is 0.600. The summed E-state index contributed by atoms with van der Waals surface area (Å²) in [5.74, 6) is -1.94. The second-order valence-corrected chi connectivity index (χ2v) is 8.87. The molecule has 1 aromatic rings. The Bertz CT molecular complexity index is 852. The maximum atomic E-state index is 13.7. The summed E-state index contributed by atoms with van der Waals surface area (Å²) in [7, 11) is -3.08. The van der Waals surface area contributed by atoms with Crippen molar-refractivity contribution in [2.75, 3.05) is 31.4 Å². The molecule has 1 unspecified atom stereocenters. The smallest absolute Gasteiger partial charge is 0.432 e. The molecule has 0 aliphatic carbocycles. The number of alkyl halides is 3. The number of anilines is 1. The first-order valence-corrected chi connectivity index (χ1v) is 10.6. The van der Waals surface area contributed by atoms with E-state index in [0.29, 0.717) is 37.6 Å². The van der Waals surface area contributed by atoms with Crippen molar-refractivity contribution in [3.8, 4) is 0 Å². The highest BCUT2D eigenvalue weighted by atomic mass is 32.2. The molecule has 0 saturated carbocycles. The lowest BCUT2D eigenvalue weighted by atomic mass is 9.94. The molecule has 1 aliphatic heterocycles. The average Bonchev–Trinajstić information content (AvgIpc) is 3.22. The number of thiophene rings is 1. The number of methoxy groups -OCH3 is 1. The number of carbonyl (C=O) groups excluding carboxylic acids is 2. The molecule has 0 spiro atoms. The zero-order valence-electron chi connectivity index (χ0n) is 14.9. The van der Waals surface area contributed by atoms with Gasteiger partial charge in [-0.1, -0.05) is 0 Å². The van der Waals surface area contributed by atoms with Crippen molar-refractivity contribution in [3.63, 3.8) is 0 Å². The number of rotatable bonds is 7. The standard InChI is InChI=1S/C15H18F3NO7S2/c1-25-13(21)14(22,15(16,17)18)11-6-10(7-20)27-12(11)19-5-3-4-9(19)8-26-28(2,23)24/h6-7,9,22H,3-5,8H2,1-2H3/t9-,14?/m0/s1. The highest BCUT2D eigenvalue weighted by molar-refractivity contribution is 7.85. The Balaban J connectivity index is 2.55. The number of hydrogen-bond acceptors (Lipinski definition) is 9. The molecular weight excluding hydrogens is 427 g/mol. The molecule has 2 heterocycles. The molecule has 8 nitrogen and oxygen atoms in total. The van der Waals surface area contributed by atoms with E-state index in [2.05, 4.69) is 4.74 Å². The Hall–Kier alpha value is -1.70. The van der Waals surface area contributed by atoms with Crippen molar-refractivity contribution in [2.24, 2.45) is 0 Å². The quantitative estimate of drug-likeness (QED) is 0.381. The van der Waals surface area contributed by atoms with Crippen molar-refractivity contribution in [1.29, 1.82) is 0 Å². The lowest BCUT2D eigenvalue weighted by molar-refractivity contribution is -0.266. The predicted octanol–water partition coefficient (Wildman–Crippen LogP) is 1.43. The predicted molar refractivity (Wildman–Crippen MR) is 92.8 cm³/mol. The second kappa shape index (κ2) is 7.97. The van der Waals surface area contributed by atoms with Crippen LogP contribution >= 0.6 is 11.3 Å². The first-order valence-electron chi connectivity index (χ1n) is 7.93. The molecule has 1 aliphatic rings. The molecule has 28 heavy (non-hydrogen) atoms. The zero-order valence-corrected chi connectivity index (χ0v) is 16.5. The molecule has 1 saturated heterocycles. The van der Waals surface area contributed by atoms with Crippen LogP contribution < -0.4 is 4.90 Å². The molecule has 2 rings (SSSR count). The Labute approximate surface area is 163 Å². The highest BCUT2D eigenvalue weighted by Crippen LogP contribution is 2.48. The van der Waals surface area contributed by atoms with Gasteiger partial charge < -0.3 is 14.7 Å². The number of aldehydes is 1. The highest BCUT2D eigenvalue weighted by Gasteiger charge is 2.64. The van der Waals surface area contributed by atoms with E-state index in [-0.39, 0.29) is 23.0 Å². The Morgan fingerprint density at radius 3 is 2.61 bits per heavy atom. The molecule has 0 radical (unpaired) electrons. The van der Waals surface area contributed by atoms with E-state index in [1.807, 2.05) is 0 Å². The van der Waals surface area contributed by atoms with Gasteiger partial charge in [0.05, 0.1) is 35.9 Å². The van der Waals surface area contributed by atoms with Crippen molar-refractivity contribution in [3.05, 3.63) is 16.5 Å². The molecule has 158 valence electrons. The molecule has 0 bridgehead atoms. The van der Waals surface area contributed by atoms with Gasteiger partial charge >= 0.3 is 12.1 Å². The van der Waals surface area contributed by atoms with E-state index in [9.17, 15) is 36.3 Å². The number of esters is 1. The minimum atomic E-state index is -5.42. The van der Waals surface area contributed by atoms with Gasteiger partial charge in [0.2, 0.25) is 0 Å². The van der Waals surface area contributed by atoms with Gasteiger partial charge in [0.1, 0.15) is 0 Å². The van der Waals surface area contributed by atoms with Crippen LogP contribution in [-0.4, -0.2) is 64.5 Å². The van der Waals surface area contributed by atoms with Gasteiger partial charge in [0.25, 0.3) is 15.7 Å². The topological polar surface area (TPSA) is 110 Å². The number of carbonyl (C=O) groups is 2. The molecule has 0 amide bonds. The van der Waals surface area contributed by atoms with Crippen LogP contribution in [0.1, 0.15) is 28.1 Å². The maximum absolute atomic E-state index is 13.7. The monoisotopic (exact) mass is 445 g/mol. The van der Waals surface area contributed by atoms with Gasteiger partial charge in [0, 0.05) is 12.1 Å². The van der Waals surface area contributed by atoms with Crippen molar-refractivity contribution in [1.82, 2.24) is 0 Å². The third-order valence-corrected chi connectivity index (χ3v) is 5.90. The average molecular weight is 445 g/mol. The van der Waals surface area contributed by atoms with Crippen LogP contribution in [0.3, 0.4) is 0 Å². The van der Waals surface area contributed by atoms with E-state index >= 15 is 0 Å². The lowest BCUT2D eigenvalue weighted by Gasteiger charge is -2.32. The number of nitrogens with zero attached hydrogens (tertiary/aromatic N) is 1. The fourth-order valence-corrected chi connectivity index (χ4v) is 4.46. The van der Waals surface area contributed by atoms with E-state index in [0.717, 1.165) is 12.3 Å². The molecule has 1 N–H and O–H groups in total.